The summed E-state index contributed by atoms with van der Waals surface area (Å²) < 4.78 is 0.696. The highest BCUT2D eigenvalue weighted by Gasteiger charge is 2.02. The van der Waals surface area contributed by atoms with Gasteiger partial charge in [-0.25, -0.2) is 0 Å². The van der Waals surface area contributed by atoms with Crippen LogP contribution in [0.25, 0.3) is 0 Å². The van der Waals surface area contributed by atoms with Crippen LogP contribution in [0.3, 0.4) is 0 Å². The van der Waals surface area contributed by atoms with Gasteiger partial charge in [0.25, 0.3) is 0 Å². The Balaban J connectivity index is 3.05. The van der Waals surface area contributed by atoms with Crippen LogP contribution in [-0.2, 0) is 0 Å². The van der Waals surface area contributed by atoms with E-state index in [4.69, 9.17) is 5.73 Å². The third kappa shape index (κ3) is 1.94. The number of phenolic OH excluding ortho intramolecular Hbond substituents is 1. The highest BCUT2D eigenvalue weighted by Crippen LogP contribution is 2.26. The molecule has 3 N–H and O–H groups in total. The minimum Gasteiger partial charge on any atom is -0.507 e. The summed E-state index contributed by atoms with van der Waals surface area (Å²) in [6.07, 6.45) is 0. The van der Waals surface area contributed by atoms with E-state index in [0.29, 0.717) is 4.47 Å². The van der Waals surface area contributed by atoms with Gasteiger partial charge in [0.2, 0.25) is 0 Å². The maximum Gasteiger partial charge on any atom is 0.130 e. The summed E-state index contributed by atoms with van der Waals surface area (Å²) in [5.41, 5.74) is 6.54. The van der Waals surface area contributed by atoms with Gasteiger partial charge in [-0.15, -0.1) is 0 Å². The van der Waals surface area contributed by atoms with Gasteiger partial charge in [0.05, 0.1) is 4.47 Å². The lowest BCUT2D eigenvalue weighted by molar-refractivity contribution is 0.470. The number of rotatable bonds is 1. The van der Waals surface area contributed by atoms with E-state index < -0.39 is 0 Å². The van der Waals surface area contributed by atoms with Crippen LogP contribution in [-0.4, -0.2) is 5.11 Å². The molecular weight excluding hydrogens is 206 g/mol. The van der Waals surface area contributed by atoms with Crippen molar-refractivity contribution in [3.63, 3.8) is 0 Å². The van der Waals surface area contributed by atoms with Crippen molar-refractivity contribution in [2.75, 3.05) is 0 Å². The molecule has 1 aromatic rings. The minimum absolute atomic E-state index is 0.0333. The molecule has 0 saturated heterocycles. The molecule has 0 fully saturated rings. The number of phenols is 1. The largest absolute Gasteiger partial charge is 0.507 e. The van der Waals surface area contributed by atoms with Crippen LogP contribution in [0.2, 0.25) is 0 Å². The Morgan fingerprint density at radius 1 is 1.55 bits per heavy atom. The van der Waals surface area contributed by atoms with E-state index in [1.54, 1.807) is 12.1 Å². The first-order chi connectivity index (χ1) is 5.11. The van der Waals surface area contributed by atoms with E-state index in [-0.39, 0.29) is 11.8 Å². The second-order valence-corrected chi connectivity index (χ2v) is 3.35. The standard InChI is InChI=1S/C8H10BrNO/c1-5(10)6-2-3-7(9)8(11)4-6/h2-5,11H,10H2,1H3/t5-/m0/s1. The molecule has 0 aliphatic heterocycles. The first kappa shape index (κ1) is 8.56. The number of hydrogen-bond acceptors (Lipinski definition) is 2. The number of nitrogens with two attached hydrogens (primary N) is 1. The molecule has 11 heavy (non-hydrogen) atoms. The van der Waals surface area contributed by atoms with Crippen LogP contribution in [0.5, 0.6) is 5.75 Å². The van der Waals surface area contributed by atoms with E-state index in [2.05, 4.69) is 15.9 Å². The third-order valence-electron chi connectivity index (χ3n) is 1.50. The molecule has 0 spiro atoms. The zero-order valence-corrected chi connectivity index (χ0v) is 7.80. The predicted octanol–water partition coefficient (Wildman–Crippen LogP) is 2.17. The fourth-order valence-corrected chi connectivity index (χ4v) is 1.06. The zero-order chi connectivity index (χ0) is 8.43. The van der Waals surface area contributed by atoms with Gasteiger partial charge >= 0.3 is 0 Å². The second-order valence-electron chi connectivity index (χ2n) is 2.50. The Bertz CT molecular complexity index is 260. The van der Waals surface area contributed by atoms with Crippen LogP contribution in [0, 0.1) is 0 Å². The van der Waals surface area contributed by atoms with Crippen molar-refractivity contribution < 1.29 is 5.11 Å². The molecule has 3 heteroatoms. The van der Waals surface area contributed by atoms with Crippen molar-refractivity contribution in [1.82, 2.24) is 0 Å². The maximum atomic E-state index is 9.25. The van der Waals surface area contributed by atoms with Gasteiger partial charge in [0, 0.05) is 6.04 Å². The Kier molecular flexibility index (Phi) is 2.52. The predicted molar refractivity (Wildman–Crippen MR) is 48.4 cm³/mol. The Hall–Kier alpha value is -0.540. The number of benzene rings is 1. The van der Waals surface area contributed by atoms with E-state index in [0.717, 1.165) is 5.56 Å². The van der Waals surface area contributed by atoms with E-state index >= 15 is 0 Å². The van der Waals surface area contributed by atoms with Crippen molar-refractivity contribution in [2.45, 2.75) is 13.0 Å². The molecule has 0 amide bonds. The van der Waals surface area contributed by atoms with Crippen molar-refractivity contribution >= 4 is 15.9 Å². The highest BCUT2D eigenvalue weighted by atomic mass is 79.9. The number of halogens is 1. The average molecular weight is 216 g/mol. The summed E-state index contributed by atoms with van der Waals surface area (Å²) in [4.78, 5) is 0. The molecule has 0 aliphatic carbocycles. The van der Waals surface area contributed by atoms with Crippen LogP contribution >= 0.6 is 15.9 Å². The average Bonchev–Trinajstić information content (AvgIpc) is 1.94. The van der Waals surface area contributed by atoms with Gasteiger partial charge in [-0.05, 0) is 40.5 Å². The Labute approximate surface area is 74.2 Å². The van der Waals surface area contributed by atoms with Crippen LogP contribution in [0.1, 0.15) is 18.5 Å². The van der Waals surface area contributed by atoms with Gasteiger partial charge in [-0.1, -0.05) is 6.07 Å². The molecule has 2 nitrogen and oxygen atoms in total. The van der Waals surface area contributed by atoms with E-state index in [1.165, 1.54) is 0 Å². The highest BCUT2D eigenvalue weighted by molar-refractivity contribution is 9.10. The molecule has 1 atom stereocenters. The lowest BCUT2D eigenvalue weighted by atomic mass is 10.1. The summed E-state index contributed by atoms with van der Waals surface area (Å²) in [6, 6.07) is 5.30. The Morgan fingerprint density at radius 2 is 2.18 bits per heavy atom. The van der Waals surface area contributed by atoms with Crippen LogP contribution in [0.4, 0.5) is 0 Å². The minimum atomic E-state index is -0.0333. The fraction of sp³-hybridized carbons (Fsp3) is 0.250. The quantitative estimate of drug-likeness (QED) is 0.755. The number of aromatic hydroxyl groups is 1. The van der Waals surface area contributed by atoms with Gasteiger partial charge < -0.3 is 10.8 Å². The molecule has 0 aliphatic rings. The normalized spacial score (nSPS) is 13.0. The number of hydrogen-bond donors (Lipinski definition) is 2. The molecular formula is C8H10BrNO. The van der Waals surface area contributed by atoms with Crippen LogP contribution in [0.15, 0.2) is 22.7 Å². The van der Waals surface area contributed by atoms with Gasteiger partial charge in [0.15, 0.2) is 0 Å². The molecule has 0 heterocycles. The van der Waals surface area contributed by atoms with E-state index in [1.807, 2.05) is 13.0 Å². The molecule has 60 valence electrons. The molecule has 1 rings (SSSR count). The SMILES string of the molecule is C[C@H](N)c1ccc(Br)c(O)c1. The van der Waals surface area contributed by atoms with Crippen LogP contribution < -0.4 is 5.73 Å². The van der Waals surface area contributed by atoms with Crippen molar-refractivity contribution in [1.29, 1.82) is 0 Å². The summed E-state index contributed by atoms with van der Waals surface area (Å²) in [7, 11) is 0. The third-order valence-corrected chi connectivity index (χ3v) is 2.17. The summed E-state index contributed by atoms with van der Waals surface area (Å²) in [5.74, 6) is 0.236. The van der Waals surface area contributed by atoms with Crippen molar-refractivity contribution in [3.8, 4) is 5.75 Å². The fourth-order valence-electron chi connectivity index (χ4n) is 0.813. The molecule has 0 radical (unpaired) electrons. The zero-order valence-electron chi connectivity index (χ0n) is 6.21. The molecule has 1 aromatic carbocycles. The molecule has 0 aromatic heterocycles. The first-order valence-electron chi connectivity index (χ1n) is 3.35. The van der Waals surface area contributed by atoms with E-state index in [9.17, 15) is 5.11 Å². The van der Waals surface area contributed by atoms with Gasteiger partial charge in [-0.3, -0.25) is 0 Å². The summed E-state index contributed by atoms with van der Waals surface area (Å²) in [5, 5.41) is 9.25. The molecule has 0 unspecified atom stereocenters. The van der Waals surface area contributed by atoms with Gasteiger partial charge in [0.1, 0.15) is 5.75 Å². The molecule has 0 saturated carbocycles. The summed E-state index contributed by atoms with van der Waals surface area (Å²) in [6.45, 7) is 1.88. The van der Waals surface area contributed by atoms with Crippen molar-refractivity contribution in [3.05, 3.63) is 28.2 Å². The Morgan fingerprint density at radius 3 is 2.64 bits per heavy atom. The topological polar surface area (TPSA) is 46.2 Å². The molecule has 0 bridgehead atoms. The lowest BCUT2D eigenvalue weighted by Gasteiger charge is -2.05. The maximum absolute atomic E-state index is 9.25. The second kappa shape index (κ2) is 3.24. The van der Waals surface area contributed by atoms with Gasteiger partial charge in [-0.2, -0.15) is 0 Å². The smallest absolute Gasteiger partial charge is 0.130 e. The lowest BCUT2D eigenvalue weighted by Crippen LogP contribution is -2.04. The first-order valence-corrected chi connectivity index (χ1v) is 4.14. The monoisotopic (exact) mass is 215 g/mol. The summed E-state index contributed by atoms with van der Waals surface area (Å²) >= 11 is 3.19. The van der Waals surface area contributed by atoms with Crippen molar-refractivity contribution in [2.24, 2.45) is 5.73 Å².